The summed E-state index contributed by atoms with van der Waals surface area (Å²) in [6.07, 6.45) is 1.77. The van der Waals surface area contributed by atoms with E-state index in [1.165, 1.54) is 11.1 Å². The fourth-order valence-electron chi connectivity index (χ4n) is 2.75. The minimum Gasteiger partial charge on any atom is -0.381 e. The van der Waals surface area contributed by atoms with Crippen LogP contribution in [0.3, 0.4) is 0 Å². The Balaban J connectivity index is 2.20. The fourth-order valence-corrected chi connectivity index (χ4v) is 2.75. The van der Waals surface area contributed by atoms with Crippen molar-refractivity contribution in [2.75, 3.05) is 20.3 Å². The standard InChI is InChI=1S/C16H22O3/c1-12-5-4-6-13(2)14(12)11-15(17)16(18-3)7-9-19-10-8-16/h4-6H,7-11H2,1-3H3. The molecular formula is C16H22O3. The van der Waals surface area contributed by atoms with Crippen molar-refractivity contribution in [1.29, 1.82) is 0 Å². The number of hydrogen-bond acceptors (Lipinski definition) is 3. The van der Waals surface area contributed by atoms with Crippen molar-refractivity contribution in [2.45, 2.75) is 38.7 Å². The van der Waals surface area contributed by atoms with Gasteiger partial charge in [-0.15, -0.1) is 0 Å². The molecule has 0 N–H and O–H groups in total. The molecule has 3 heteroatoms. The first-order valence-electron chi connectivity index (χ1n) is 6.80. The zero-order chi connectivity index (χ0) is 13.9. The Labute approximate surface area is 114 Å². The van der Waals surface area contributed by atoms with Gasteiger partial charge < -0.3 is 9.47 Å². The number of carbonyl (C=O) groups is 1. The van der Waals surface area contributed by atoms with Crippen LogP contribution < -0.4 is 0 Å². The van der Waals surface area contributed by atoms with Gasteiger partial charge in [0.15, 0.2) is 5.78 Å². The molecule has 1 heterocycles. The summed E-state index contributed by atoms with van der Waals surface area (Å²) < 4.78 is 10.9. The topological polar surface area (TPSA) is 35.5 Å². The molecule has 0 unspecified atom stereocenters. The van der Waals surface area contributed by atoms with Crippen LogP contribution in [-0.4, -0.2) is 31.7 Å². The van der Waals surface area contributed by atoms with Crippen LogP contribution >= 0.6 is 0 Å². The third kappa shape index (κ3) is 2.88. The van der Waals surface area contributed by atoms with E-state index < -0.39 is 5.60 Å². The minimum absolute atomic E-state index is 0.177. The molecule has 19 heavy (non-hydrogen) atoms. The molecule has 0 bridgehead atoms. The number of hydrogen-bond donors (Lipinski definition) is 0. The molecule has 2 rings (SSSR count). The molecule has 0 spiro atoms. The monoisotopic (exact) mass is 262 g/mol. The number of Topliss-reactive ketones (excluding diaryl/α,β-unsaturated/α-hetero) is 1. The average molecular weight is 262 g/mol. The normalized spacial score (nSPS) is 18.3. The summed E-state index contributed by atoms with van der Waals surface area (Å²) >= 11 is 0. The Morgan fingerprint density at radius 1 is 1.26 bits per heavy atom. The van der Waals surface area contributed by atoms with Gasteiger partial charge in [0.2, 0.25) is 0 Å². The lowest BCUT2D eigenvalue weighted by molar-refractivity contribution is -0.152. The van der Waals surface area contributed by atoms with E-state index in [-0.39, 0.29) is 5.78 Å². The van der Waals surface area contributed by atoms with E-state index in [1.54, 1.807) is 7.11 Å². The number of ketones is 1. The van der Waals surface area contributed by atoms with Crippen LogP contribution in [0.1, 0.15) is 29.5 Å². The number of benzene rings is 1. The molecule has 1 aromatic carbocycles. The van der Waals surface area contributed by atoms with Gasteiger partial charge >= 0.3 is 0 Å². The molecule has 0 saturated carbocycles. The van der Waals surface area contributed by atoms with Crippen LogP contribution in [0.2, 0.25) is 0 Å². The molecule has 1 saturated heterocycles. The van der Waals surface area contributed by atoms with E-state index in [9.17, 15) is 4.79 Å². The summed E-state index contributed by atoms with van der Waals surface area (Å²) in [5.74, 6) is 0.177. The van der Waals surface area contributed by atoms with E-state index in [1.807, 2.05) is 6.07 Å². The average Bonchev–Trinajstić information content (AvgIpc) is 2.43. The minimum atomic E-state index is -0.646. The quantitative estimate of drug-likeness (QED) is 0.836. The Hall–Kier alpha value is -1.19. The molecule has 3 nitrogen and oxygen atoms in total. The van der Waals surface area contributed by atoms with Gasteiger partial charge in [0.25, 0.3) is 0 Å². The molecule has 0 aliphatic carbocycles. The number of aryl methyl sites for hydroxylation is 2. The van der Waals surface area contributed by atoms with Crippen LogP contribution in [-0.2, 0) is 20.7 Å². The number of methoxy groups -OCH3 is 1. The molecular weight excluding hydrogens is 240 g/mol. The maximum atomic E-state index is 12.6. The van der Waals surface area contributed by atoms with Crippen LogP contribution in [0.5, 0.6) is 0 Å². The number of ether oxygens (including phenoxy) is 2. The van der Waals surface area contributed by atoms with E-state index >= 15 is 0 Å². The van der Waals surface area contributed by atoms with E-state index in [0.717, 1.165) is 5.56 Å². The third-order valence-corrected chi connectivity index (χ3v) is 4.18. The highest BCUT2D eigenvalue weighted by molar-refractivity contribution is 5.89. The lowest BCUT2D eigenvalue weighted by Gasteiger charge is -2.34. The van der Waals surface area contributed by atoms with Crippen molar-refractivity contribution in [3.05, 3.63) is 34.9 Å². The molecule has 0 amide bonds. The summed E-state index contributed by atoms with van der Waals surface area (Å²) in [4.78, 5) is 12.6. The highest BCUT2D eigenvalue weighted by atomic mass is 16.5. The molecule has 104 valence electrons. The Morgan fingerprint density at radius 2 is 1.84 bits per heavy atom. The largest absolute Gasteiger partial charge is 0.381 e. The summed E-state index contributed by atoms with van der Waals surface area (Å²) in [5.41, 5.74) is 2.83. The predicted molar refractivity (Wildman–Crippen MR) is 74.4 cm³/mol. The summed E-state index contributed by atoms with van der Waals surface area (Å²) in [5, 5.41) is 0. The molecule has 1 aliphatic rings. The molecule has 0 aromatic heterocycles. The van der Waals surface area contributed by atoms with Gasteiger partial charge in [-0.05, 0) is 30.5 Å². The van der Waals surface area contributed by atoms with E-state index in [4.69, 9.17) is 9.47 Å². The van der Waals surface area contributed by atoms with E-state index in [0.29, 0.717) is 32.5 Å². The van der Waals surface area contributed by atoms with Crippen molar-refractivity contribution in [2.24, 2.45) is 0 Å². The lowest BCUT2D eigenvalue weighted by Crippen LogP contribution is -2.46. The van der Waals surface area contributed by atoms with Gasteiger partial charge in [-0.1, -0.05) is 18.2 Å². The van der Waals surface area contributed by atoms with Crippen LogP contribution in [0.15, 0.2) is 18.2 Å². The maximum Gasteiger partial charge on any atom is 0.169 e. The van der Waals surface area contributed by atoms with Gasteiger partial charge in [0.05, 0.1) is 0 Å². The first kappa shape index (κ1) is 14.2. The zero-order valence-corrected chi connectivity index (χ0v) is 12.0. The molecule has 0 radical (unpaired) electrons. The first-order valence-corrected chi connectivity index (χ1v) is 6.80. The second-order valence-corrected chi connectivity index (χ2v) is 5.28. The molecule has 1 fully saturated rings. The highest BCUT2D eigenvalue weighted by Gasteiger charge is 2.39. The second kappa shape index (κ2) is 5.85. The molecule has 1 aliphatic heterocycles. The summed E-state index contributed by atoms with van der Waals surface area (Å²) in [7, 11) is 1.63. The first-order chi connectivity index (χ1) is 9.09. The van der Waals surface area contributed by atoms with Crippen molar-refractivity contribution < 1.29 is 14.3 Å². The van der Waals surface area contributed by atoms with Gasteiger partial charge in [-0.25, -0.2) is 0 Å². The van der Waals surface area contributed by atoms with Crippen LogP contribution in [0.25, 0.3) is 0 Å². The number of rotatable bonds is 4. The summed E-state index contributed by atoms with van der Waals surface area (Å²) in [6.45, 7) is 5.32. The van der Waals surface area contributed by atoms with Gasteiger partial charge in [-0.3, -0.25) is 4.79 Å². The van der Waals surface area contributed by atoms with Gasteiger partial charge in [0.1, 0.15) is 5.60 Å². The smallest absolute Gasteiger partial charge is 0.169 e. The Kier molecular flexibility index (Phi) is 4.38. The maximum absolute atomic E-state index is 12.6. The lowest BCUT2D eigenvalue weighted by atomic mass is 9.84. The Morgan fingerprint density at radius 3 is 2.37 bits per heavy atom. The summed E-state index contributed by atoms with van der Waals surface area (Å²) in [6, 6.07) is 6.14. The SMILES string of the molecule is COC1(C(=O)Cc2c(C)cccc2C)CCOCC1. The predicted octanol–water partition coefficient (Wildman–Crippen LogP) is 2.61. The van der Waals surface area contributed by atoms with E-state index in [2.05, 4.69) is 26.0 Å². The van der Waals surface area contributed by atoms with Crippen LogP contribution in [0, 0.1) is 13.8 Å². The highest BCUT2D eigenvalue weighted by Crippen LogP contribution is 2.28. The Bertz CT molecular complexity index is 439. The molecule has 0 atom stereocenters. The fraction of sp³-hybridized carbons (Fsp3) is 0.562. The molecule has 1 aromatic rings. The zero-order valence-electron chi connectivity index (χ0n) is 12.0. The van der Waals surface area contributed by atoms with Gasteiger partial charge in [-0.2, -0.15) is 0 Å². The van der Waals surface area contributed by atoms with Crippen molar-refractivity contribution in [3.63, 3.8) is 0 Å². The van der Waals surface area contributed by atoms with Crippen molar-refractivity contribution in [1.82, 2.24) is 0 Å². The van der Waals surface area contributed by atoms with Crippen molar-refractivity contribution in [3.8, 4) is 0 Å². The van der Waals surface area contributed by atoms with Gasteiger partial charge in [0, 0.05) is 39.6 Å². The van der Waals surface area contributed by atoms with Crippen molar-refractivity contribution >= 4 is 5.78 Å². The second-order valence-electron chi connectivity index (χ2n) is 5.28. The third-order valence-electron chi connectivity index (χ3n) is 4.18. The number of carbonyl (C=O) groups excluding carboxylic acids is 1. The van der Waals surface area contributed by atoms with Crippen LogP contribution in [0.4, 0.5) is 0 Å².